The first-order chi connectivity index (χ1) is 9.09. The fourth-order valence-corrected chi connectivity index (χ4v) is 2.75. The maximum atomic E-state index is 13.6. The topological polar surface area (TPSA) is 12.0 Å². The van der Waals surface area contributed by atoms with Crippen LogP contribution < -0.4 is 5.32 Å². The Morgan fingerprint density at radius 1 is 1.21 bits per heavy atom. The lowest BCUT2D eigenvalue weighted by molar-refractivity contribution is 0.543. The van der Waals surface area contributed by atoms with Gasteiger partial charge in [0, 0.05) is 27.6 Å². The van der Waals surface area contributed by atoms with Crippen molar-refractivity contribution in [1.82, 2.24) is 5.32 Å². The molecule has 0 radical (unpaired) electrons. The molecule has 0 spiro atoms. The average Bonchev–Trinajstić information content (AvgIpc) is 2.38. The maximum Gasteiger partial charge on any atom is 0.129 e. The molecular weight excluding hydrogens is 329 g/mol. The van der Waals surface area contributed by atoms with Crippen LogP contribution in [0.2, 0.25) is 5.02 Å². The van der Waals surface area contributed by atoms with E-state index in [1.54, 1.807) is 12.1 Å². The fraction of sp³-hybridized carbons (Fsp3) is 0.200. The van der Waals surface area contributed by atoms with Gasteiger partial charge in [0.15, 0.2) is 0 Å². The van der Waals surface area contributed by atoms with Crippen molar-refractivity contribution in [3.8, 4) is 0 Å². The zero-order valence-electron chi connectivity index (χ0n) is 10.5. The summed E-state index contributed by atoms with van der Waals surface area (Å²) in [7, 11) is 0. The minimum Gasteiger partial charge on any atom is -0.306 e. The Labute approximate surface area is 125 Å². The zero-order chi connectivity index (χ0) is 13.8. The van der Waals surface area contributed by atoms with Crippen LogP contribution in [0.1, 0.15) is 24.1 Å². The Morgan fingerprint density at radius 2 is 1.95 bits per heavy atom. The third kappa shape index (κ3) is 3.56. The van der Waals surface area contributed by atoms with E-state index in [1.807, 2.05) is 31.2 Å². The number of halogens is 3. The molecule has 0 aliphatic heterocycles. The molecule has 0 unspecified atom stereocenters. The highest BCUT2D eigenvalue weighted by molar-refractivity contribution is 9.10. The molecule has 2 aromatic carbocycles. The minimum absolute atomic E-state index is 0.103. The van der Waals surface area contributed by atoms with Crippen molar-refractivity contribution in [2.45, 2.75) is 19.5 Å². The second-order valence-electron chi connectivity index (χ2n) is 4.32. The molecule has 1 atom stereocenters. The van der Waals surface area contributed by atoms with Gasteiger partial charge in [0.1, 0.15) is 5.82 Å². The lowest BCUT2D eigenvalue weighted by atomic mass is 10.1. The second-order valence-corrected chi connectivity index (χ2v) is 5.59. The van der Waals surface area contributed by atoms with Crippen LogP contribution in [-0.4, -0.2) is 0 Å². The van der Waals surface area contributed by atoms with E-state index >= 15 is 0 Å². The standard InChI is InChI=1S/C15H14BrClFN/c1-10(11-5-2-3-6-13(11)16)19-9-12-14(17)7-4-8-15(12)18/h2-8,10,19H,9H2,1H3/t10-/m0/s1. The molecule has 0 saturated heterocycles. The number of hydrogen-bond acceptors (Lipinski definition) is 1. The quantitative estimate of drug-likeness (QED) is 0.816. The Hall–Kier alpha value is -0.900. The van der Waals surface area contributed by atoms with Gasteiger partial charge in [-0.05, 0) is 30.7 Å². The summed E-state index contributed by atoms with van der Waals surface area (Å²) in [6.07, 6.45) is 0. The van der Waals surface area contributed by atoms with Gasteiger partial charge >= 0.3 is 0 Å². The van der Waals surface area contributed by atoms with E-state index in [0.717, 1.165) is 10.0 Å². The molecule has 1 nitrogen and oxygen atoms in total. The summed E-state index contributed by atoms with van der Waals surface area (Å²) in [6.45, 7) is 2.43. The normalized spacial score (nSPS) is 12.4. The molecule has 0 heterocycles. The predicted molar refractivity (Wildman–Crippen MR) is 80.8 cm³/mol. The van der Waals surface area contributed by atoms with Crippen LogP contribution in [0, 0.1) is 5.82 Å². The number of hydrogen-bond donors (Lipinski definition) is 1. The van der Waals surface area contributed by atoms with Gasteiger partial charge in [-0.3, -0.25) is 0 Å². The molecule has 0 saturated carbocycles. The molecule has 0 aromatic heterocycles. The van der Waals surface area contributed by atoms with Gasteiger partial charge in [0.2, 0.25) is 0 Å². The summed E-state index contributed by atoms with van der Waals surface area (Å²) in [5, 5.41) is 3.73. The van der Waals surface area contributed by atoms with Crippen molar-refractivity contribution in [2.24, 2.45) is 0 Å². The molecule has 19 heavy (non-hydrogen) atoms. The fourth-order valence-electron chi connectivity index (χ4n) is 1.89. The number of nitrogens with one attached hydrogen (secondary N) is 1. The van der Waals surface area contributed by atoms with E-state index < -0.39 is 0 Å². The van der Waals surface area contributed by atoms with Crippen molar-refractivity contribution >= 4 is 27.5 Å². The van der Waals surface area contributed by atoms with Gasteiger partial charge in [0.25, 0.3) is 0 Å². The van der Waals surface area contributed by atoms with Crippen molar-refractivity contribution in [3.63, 3.8) is 0 Å². The molecule has 1 N–H and O–H groups in total. The Kier molecular flexibility index (Phi) is 4.97. The first-order valence-electron chi connectivity index (χ1n) is 6.00. The lowest BCUT2D eigenvalue weighted by Crippen LogP contribution is -2.19. The van der Waals surface area contributed by atoms with Crippen molar-refractivity contribution in [1.29, 1.82) is 0 Å². The highest BCUT2D eigenvalue weighted by atomic mass is 79.9. The molecule has 2 rings (SSSR count). The summed E-state index contributed by atoms with van der Waals surface area (Å²) in [5.41, 5.74) is 1.64. The summed E-state index contributed by atoms with van der Waals surface area (Å²) >= 11 is 9.51. The smallest absolute Gasteiger partial charge is 0.129 e. The van der Waals surface area contributed by atoms with Gasteiger partial charge in [-0.25, -0.2) is 4.39 Å². The lowest BCUT2D eigenvalue weighted by Gasteiger charge is -2.16. The van der Waals surface area contributed by atoms with Gasteiger partial charge in [-0.1, -0.05) is 51.8 Å². The van der Waals surface area contributed by atoms with E-state index in [0.29, 0.717) is 17.1 Å². The van der Waals surface area contributed by atoms with E-state index in [4.69, 9.17) is 11.6 Å². The van der Waals surface area contributed by atoms with E-state index in [2.05, 4.69) is 21.2 Å². The van der Waals surface area contributed by atoms with Crippen LogP contribution in [0.25, 0.3) is 0 Å². The molecule has 100 valence electrons. The Balaban J connectivity index is 2.09. The molecule has 2 aromatic rings. The highest BCUT2D eigenvalue weighted by Crippen LogP contribution is 2.24. The average molecular weight is 343 g/mol. The first kappa shape index (κ1) is 14.5. The van der Waals surface area contributed by atoms with Crippen molar-refractivity contribution in [2.75, 3.05) is 0 Å². The third-order valence-electron chi connectivity index (χ3n) is 3.02. The highest BCUT2D eigenvalue weighted by Gasteiger charge is 2.11. The van der Waals surface area contributed by atoms with Crippen LogP contribution in [0.5, 0.6) is 0 Å². The van der Waals surface area contributed by atoms with E-state index in [9.17, 15) is 4.39 Å². The van der Waals surface area contributed by atoms with Crippen LogP contribution in [0.15, 0.2) is 46.9 Å². The molecule has 0 aliphatic rings. The van der Waals surface area contributed by atoms with E-state index in [-0.39, 0.29) is 11.9 Å². The molecule has 0 amide bonds. The molecular formula is C15H14BrClFN. The Morgan fingerprint density at radius 3 is 2.63 bits per heavy atom. The SMILES string of the molecule is C[C@H](NCc1c(F)cccc1Cl)c1ccccc1Br. The van der Waals surface area contributed by atoms with Crippen LogP contribution in [0.4, 0.5) is 4.39 Å². The minimum atomic E-state index is -0.278. The van der Waals surface area contributed by atoms with Crippen LogP contribution in [-0.2, 0) is 6.54 Å². The monoisotopic (exact) mass is 341 g/mol. The largest absolute Gasteiger partial charge is 0.306 e. The van der Waals surface area contributed by atoms with Gasteiger partial charge in [0.05, 0.1) is 0 Å². The maximum absolute atomic E-state index is 13.6. The summed E-state index contributed by atoms with van der Waals surface area (Å²) in [6, 6.07) is 12.8. The van der Waals surface area contributed by atoms with Crippen molar-refractivity contribution < 1.29 is 4.39 Å². The van der Waals surface area contributed by atoms with Crippen LogP contribution >= 0.6 is 27.5 Å². The predicted octanol–water partition coefficient (Wildman–Crippen LogP) is 5.09. The summed E-state index contributed by atoms with van der Waals surface area (Å²) < 4.78 is 14.7. The molecule has 0 aliphatic carbocycles. The van der Waals surface area contributed by atoms with Gasteiger partial charge < -0.3 is 5.32 Å². The van der Waals surface area contributed by atoms with Gasteiger partial charge in [-0.15, -0.1) is 0 Å². The third-order valence-corrected chi connectivity index (χ3v) is 4.09. The first-order valence-corrected chi connectivity index (χ1v) is 7.17. The molecule has 0 bridgehead atoms. The second kappa shape index (κ2) is 6.51. The van der Waals surface area contributed by atoms with Gasteiger partial charge in [-0.2, -0.15) is 0 Å². The molecule has 0 fully saturated rings. The van der Waals surface area contributed by atoms with E-state index in [1.165, 1.54) is 6.07 Å². The number of benzene rings is 2. The van der Waals surface area contributed by atoms with Crippen molar-refractivity contribution in [3.05, 3.63) is 68.9 Å². The van der Waals surface area contributed by atoms with Crippen LogP contribution in [0.3, 0.4) is 0 Å². The summed E-state index contributed by atoms with van der Waals surface area (Å²) in [4.78, 5) is 0. The summed E-state index contributed by atoms with van der Waals surface area (Å²) in [5.74, 6) is -0.278. The zero-order valence-corrected chi connectivity index (χ0v) is 12.8. The Bertz CT molecular complexity index is 554. The number of rotatable bonds is 4. The molecule has 4 heteroatoms.